The summed E-state index contributed by atoms with van der Waals surface area (Å²) >= 11 is 0. The minimum absolute atomic E-state index is 0.494. The summed E-state index contributed by atoms with van der Waals surface area (Å²) in [6.45, 7) is 14.0. The summed E-state index contributed by atoms with van der Waals surface area (Å²) in [4.78, 5) is 0. The maximum atomic E-state index is 6.95. The lowest BCUT2D eigenvalue weighted by Crippen LogP contribution is -2.33. The van der Waals surface area contributed by atoms with E-state index in [1.807, 2.05) is 0 Å². The van der Waals surface area contributed by atoms with Crippen LogP contribution in [0.2, 0.25) is 0 Å². The smallest absolute Gasteiger partial charge is 0.0607 e. The van der Waals surface area contributed by atoms with Gasteiger partial charge in [-0.2, -0.15) is 0 Å². The summed E-state index contributed by atoms with van der Waals surface area (Å²) in [7, 11) is 0. The van der Waals surface area contributed by atoms with E-state index >= 15 is 0 Å². The second kappa shape index (κ2) is 17.4. The monoisotopic (exact) mass is 354 g/mol. The molecule has 0 aromatic carbocycles. The number of hydrogen-bond donors (Lipinski definition) is 0. The zero-order chi connectivity index (χ0) is 18.9. The highest BCUT2D eigenvalue weighted by molar-refractivity contribution is 4.76. The number of hydrogen-bond acceptors (Lipinski definition) is 1. The van der Waals surface area contributed by atoms with Crippen LogP contribution in [-0.4, -0.2) is 12.2 Å². The first-order chi connectivity index (χ1) is 12.2. The summed E-state index contributed by atoms with van der Waals surface area (Å²) < 4.78 is 6.95. The molecule has 1 nitrogen and oxygen atoms in total. The molecular weight excluding hydrogens is 304 g/mol. The van der Waals surface area contributed by atoms with E-state index < -0.39 is 0 Å². The lowest BCUT2D eigenvalue weighted by atomic mass is 9.87. The third-order valence-corrected chi connectivity index (χ3v) is 5.99. The molecule has 152 valence electrons. The zero-order valence-electron chi connectivity index (χ0n) is 18.6. The molecule has 0 N–H and O–H groups in total. The molecule has 0 aromatic rings. The third-order valence-electron chi connectivity index (χ3n) is 5.99. The van der Waals surface area contributed by atoms with E-state index in [0.29, 0.717) is 12.2 Å². The van der Waals surface area contributed by atoms with Crippen LogP contribution in [0.4, 0.5) is 0 Å². The summed E-state index contributed by atoms with van der Waals surface area (Å²) in [6, 6.07) is 0. The van der Waals surface area contributed by atoms with Gasteiger partial charge in [-0.15, -0.1) is 0 Å². The zero-order valence-corrected chi connectivity index (χ0v) is 18.6. The van der Waals surface area contributed by atoms with Gasteiger partial charge in [0, 0.05) is 0 Å². The van der Waals surface area contributed by atoms with Crippen LogP contribution >= 0.6 is 0 Å². The molecule has 0 aliphatic rings. The van der Waals surface area contributed by atoms with E-state index in [1.54, 1.807) is 0 Å². The van der Waals surface area contributed by atoms with E-state index in [4.69, 9.17) is 4.74 Å². The standard InChI is InChI=1S/C24H50O/c1-7-13-17-21(11-5)23(19-15-9-3)25-24(20-16-10-4)22(12-6)18-14-8-2/h21-24H,7-20H2,1-6H3. The molecule has 0 spiro atoms. The molecule has 0 aromatic heterocycles. The van der Waals surface area contributed by atoms with Gasteiger partial charge in [0.05, 0.1) is 12.2 Å². The Morgan fingerprint density at radius 3 is 1.08 bits per heavy atom. The fourth-order valence-electron chi connectivity index (χ4n) is 4.10. The normalized spacial score (nSPS) is 16.6. The van der Waals surface area contributed by atoms with Crippen molar-refractivity contribution in [2.75, 3.05) is 0 Å². The van der Waals surface area contributed by atoms with Crippen molar-refractivity contribution in [3.8, 4) is 0 Å². The Hall–Kier alpha value is -0.0400. The van der Waals surface area contributed by atoms with Gasteiger partial charge in [0.1, 0.15) is 0 Å². The average Bonchev–Trinajstić information content (AvgIpc) is 2.64. The van der Waals surface area contributed by atoms with Crippen LogP contribution in [0, 0.1) is 11.8 Å². The molecule has 0 aliphatic carbocycles. The van der Waals surface area contributed by atoms with Crippen molar-refractivity contribution in [3.05, 3.63) is 0 Å². The fourth-order valence-corrected chi connectivity index (χ4v) is 4.10. The lowest BCUT2D eigenvalue weighted by molar-refractivity contribution is -0.0819. The highest BCUT2D eigenvalue weighted by atomic mass is 16.5. The van der Waals surface area contributed by atoms with Gasteiger partial charge in [-0.1, -0.05) is 106 Å². The van der Waals surface area contributed by atoms with Gasteiger partial charge in [0.25, 0.3) is 0 Å². The first-order valence-electron chi connectivity index (χ1n) is 11.8. The van der Waals surface area contributed by atoms with E-state index in [1.165, 1.54) is 89.9 Å². The number of ether oxygens (including phenoxy) is 1. The van der Waals surface area contributed by atoms with E-state index in [-0.39, 0.29) is 0 Å². The third kappa shape index (κ3) is 11.3. The van der Waals surface area contributed by atoms with Gasteiger partial charge in [-0.25, -0.2) is 0 Å². The summed E-state index contributed by atoms with van der Waals surface area (Å²) in [6.07, 6.45) is 19.3. The van der Waals surface area contributed by atoms with Gasteiger partial charge < -0.3 is 4.74 Å². The van der Waals surface area contributed by atoms with Crippen LogP contribution in [0.3, 0.4) is 0 Å². The summed E-state index contributed by atoms with van der Waals surface area (Å²) in [5.74, 6) is 1.53. The van der Waals surface area contributed by atoms with Gasteiger partial charge in [0.2, 0.25) is 0 Å². The SMILES string of the molecule is CCCCC(CC)C(CCCC)OC(CCCC)C(CC)CCCC. The van der Waals surface area contributed by atoms with Crippen molar-refractivity contribution in [1.82, 2.24) is 0 Å². The molecule has 1 heteroatoms. The molecule has 4 atom stereocenters. The van der Waals surface area contributed by atoms with Gasteiger partial charge in [0.15, 0.2) is 0 Å². The van der Waals surface area contributed by atoms with Crippen LogP contribution in [0.15, 0.2) is 0 Å². The minimum atomic E-state index is 0.494. The Morgan fingerprint density at radius 2 is 0.800 bits per heavy atom. The molecule has 0 amide bonds. The predicted octanol–water partition coefficient (Wildman–Crippen LogP) is 8.55. The molecule has 0 saturated heterocycles. The first kappa shape index (κ1) is 25.0. The number of rotatable bonds is 18. The second-order valence-electron chi connectivity index (χ2n) is 8.12. The molecular formula is C24H50O. The Morgan fingerprint density at radius 1 is 0.480 bits per heavy atom. The highest BCUT2D eigenvalue weighted by Gasteiger charge is 2.27. The van der Waals surface area contributed by atoms with Gasteiger partial charge >= 0.3 is 0 Å². The first-order valence-corrected chi connectivity index (χ1v) is 11.8. The molecule has 0 radical (unpaired) electrons. The quantitative estimate of drug-likeness (QED) is 0.239. The van der Waals surface area contributed by atoms with Crippen LogP contribution in [-0.2, 0) is 4.74 Å². The van der Waals surface area contributed by atoms with E-state index in [0.717, 1.165) is 11.8 Å². The largest absolute Gasteiger partial charge is 0.374 e. The van der Waals surface area contributed by atoms with Crippen molar-refractivity contribution in [2.45, 2.75) is 144 Å². The summed E-state index contributed by atoms with van der Waals surface area (Å²) in [5.41, 5.74) is 0. The van der Waals surface area contributed by atoms with Crippen molar-refractivity contribution < 1.29 is 4.74 Å². The highest BCUT2D eigenvalue weighted by Crippen LogP contribution is 2.30. The molecule has 0 fully saturated rings. The van der Waals surface area contributed by atoms with Crippen LogP contribution in [0.25, 0.3) is 0 Å². The van der Waals surface area contributed by atoms with Crippen LogP contribution < -0.4 is 0 Å². The molecule has 0 aliphatic heterocycles. The molecule has 0 rings (SSSR count). The molecule has 0 heterocycles. The minimum Gasteiger partial charge on any atom is -0.374 e. The van der Waals surface area contributed by atoms with E-state index in [2.05, 4.69) is 41.5 Å². The van der Waals surface area contributed by atoms with Crippen molar-refractivity contribution in [1.29, 1.82) is 0 Å². The maximum absolute atomic E-state index is 6.95. The second-order valence-corrected chi connectivity index (χ2v) is 8.12. The number of unbranched alkanes of at least 4 members (excludes halogenated alkanes) is 4. The molecule has 0 saturated carbocycles. The molecule has 0 bridgehead atoms. The Kier molecular flexibility index (Phi) is 17.3. The van der Waals surface area contributed by atoms with Crippen LogP contribution in [0.5, 0.6) is 0 Å². The van der Waals surface area contributed by atoms with Gasteiger partial charge in [-0.05, 0) is 37.5 Å². The van der Waals surface area contributed by atoms with Crippen molar-refractivity contribution >= 4 is 0 Å². The topological polar surface area (TPSA) is 9.23 Å². The molecule has 25 heavy (non-hydrogen) atoms. The Labute approximate surface area is 160 Å². The van der Waals surface area contributed by atoms with Crippen molar-refractivity contribution in [2.24, 2.45) is 11.8 Å². The maximum Gasteiger partial charge on any atom is 0.0607 e. The Balaban J connectivity index is 5.04. The van der Waals surface area contributed by atoms with Crippen LogP contribution in [0.1, 0.15) is 131 Å². The predicted molar refractivity (Wildman–Crippen MR) is 114 cm³/mol. The average molecular weight is 355 g/mol. The molecule has 4 unspecified atom stereocenters. The lowest BCUT2D eigenvalue weighted by Gasteiger charge is -2.35. The van der Waals surface area contributed by atoms with Gasteiger partial charge in [-0.3, -0.25) is 0 Å². The Bertz CT molecular complexity index is 237. The fraction of sp³-hybridized carbons (Fsp3) is 1.00. The van der Waals surface area contributed by atoms with Crippen molar-refractivity contribution in [3.63, 3.8) is 0 Å². The summed E-state index contributed by atoms with van der Waals surface area (Å²) in [5, 5.41) is 0. The van der Waals surface area contributed by atoms with E-state index in [9.17, 15) is 0 Å².